The van der Waals surface area contributed by atoms with Crippen molar-refractivity contribution >= 4 is 17.7 Å². The molecule has 5 heteroatoms. The first-order chi connectivity index (χ1) is 7.04. The van der Waals surface area contributed by atoms with Gasteiger partial charge in [0.25, 0.3) is 0 Å². The van der Waals surface area contributed by atoms with Crippen LogP contribution >= 0.6 is 0 Å². The van der Waals surface area contributed by atoms with E-state index in [9.17, 15) is 9.59 Å². The standard InChI is InChI=1S/C10H11NO4/c1-6-5-7(11-10(14)15-2)3-4-8(6)9(12)13/h3-5H,1-2H3,(H,11,14)(H,12,13). The molecule has 0 spiro atoms. The molecule has 80 valence electrons. The van der Waals surface area contributed by atoms with E-state index >= 15 is 0 Å². The first kappa shape index (κ1) is 11.0. The van der Waals surface area contributed by atoms with E-state index in [-0.39, 0.29) is 5.56 Å². The molecule has 0 bridgehead atoms. The van der Waals surface area contributed by atoms with Crippen LogP contribution in [0.4, 0.5) is 10.5 Å². The lowest BCUT2D eigenvalue weighted by Gasteiger charge is -2.06. The first-order valence-electron chi connectivity index (χ1n) is 4.23. The number of carboxylic acids is 1. The van der Waals surface area contributed by atoms with Gasteiger partial charge in [-0.05, 0) is 30.7 Å². The second kappa shape index (κ2) is 4.45. The minimum absolute atomic E-state index is 0.213. The summed E-state index contributed by atoms with van der Waals surface area (Å²) in [5.41, 5.74) is 1.30. The van der Waals surface area contributed by atoms with E-state index in [0.29, 0.717) is 11.3 Å². The van der Waals surface area contributed by atoms with Crippen molar-refractivity contribution in [3.8, 4) is 0 Å². The summed E-state index contributed by atoms with van der Waals surface area (Å²) in [6.45, 7) is 1.66. The zero-order valence-corrected chi connectivity index (χ0v) is 8.40. The Kier molecular flexibility index (Phi) is 3.28. The quantitative estimate of drug-likeness (QED) is 0.779. The highest BCUT2D eigenvalue weighted by Gasteiger charge is 2.08. The molecule has 1 amide bonds. The van der Waals surface area contributed by atoms with Gasteiger partial charge in [-0.2, -0.15) is 0 Å². The molecule has 0 saturated heterocycles. The van der Waals surface area contributed by atoms with Gasteiger partial charge in [0, 0.05) is 5.69 Å². The fourth-order valence-corrected chi connectivity index (χ4v) is 1.15. The van der Waals surface area contributed by atoms with Crippen LogP contribution in [0, 0.1) is 6.92 Å². The molecule has 0 radical (unpaired) electrons. The summed E-state index contributed by atoms with van der Waals surface area (Å²) in [4.78, 5) is 21.6. The number of aryl methyl sites for hydroxylation is 1. The number of ether oxygens (including phenoxy) is 1. The zero-order valence-electron chi connectivity index (χ0n) is 8.40. The van der Waals surface area contributed by atoms with Gasteiger partial charge in [-0.15, -0.1) is 0 Å². The van der Waals surface area contributed by atoms with Crippen LogP contribution in [0.1, 0.15) is 15.9 Å². The number of anilines is 1. The lowest BCUT2D eigenvalue weighted by atomic mass is 10.1. The maximum atomic E-state index is 10.9. The van der Waals surface area contributed by atoms with Crippen molar-refractivity contribution in [3.05, 3.63) is 29.3 Å². The minimum atomic E-state index is -0.989. The van der Waals surface area contributed by atoms with Crippen LogP contribution < -0.4 is 5.32 Å². The summed E-state index contributed by atoms with van der Waals surface area (Å²) in [5, 5.41) is 11.2. The average molecular weight is 209 g/mol. The average Bonchev–Trinajstić information content (AvgIpc) is 2.17. The summed E-state index contributed by atoms with van der Waals surface area (Å²) < 4.78 is 4.41. The Morgan fingerprint density at radius 3 is 2.53 bits per heavy atom. The zero-order chi connectivity index (χ0) is 11.4. The van der Waals surface area contributed by atoms with Gasteiger partial charge in [0.15, 0.2) is 0 Å². The third-order valence-corrected chi connectivity index (χ3v) is 1.89. The lowest BCUT2D eigenvalue weighted by molar-refractivity contribution is 0.0696. The molecule has 0 aliphatic heterocycles. The van der Waals surface area contributed by atoms with Gasteiger partial charge in [0.2, 0.25) is 0 Å². The van der Waals surface area contributed by atoms with Gasteiger partial charge < -0.3 is 9.84 Å². The van der Waals surface area contributed by atoms with E-state index in [4.69, 9.17) is 5.11 Å². The molecule has 0 fully saturated rings. The number of benzene rings is 1. The number of nitrogens with one attached hydrogen (secondary N) is 1. The Morgan fingerprint density at radius 1 is 1.40 bits per heavy atom. The Balaban J connectivity index is 2.91. The Labute approximate surface area is 86.7 Å². The van der Waals surface area contributed by atoms with Crippen LogP contribution in [-0.4, -0.2) is 24.3 Å². The number of hydrogen-bond acceptors (Lipinski definition) is 3. The number of aromatic carboxylic acids is 1. The molecule has 0 atom stereocenters. The summed E-state index contributed by atoms with van der Waals surface area (Å²) in [7, 11) is 1.26. The number of amides is 1. The molecule has 0 heterocycles. The van der Waals surface area contributed by atoms with Crippen LogP contribution in [0.3, 0.4) is 0 Å². The number of methoxy groups -OCH3 is 1. The van der Waals surface area contributed by atoms with Crippen molar-refractivity contribution in [1.29, 1.82) is 0 Å². The van der Waals surface area contributed by atoms with E-state index in [2.05, 4.69) is 10.1 Å². The van der Waals surface area contributed by atoms with Gasteiger partial charge in [0.05, 0.1) is 12.7 Å². The van der Waals surface area contributed by atoms with E-state index in [1.807, 2.05) is 0 Å². The van der Waals surface area contributed by atoms with Gasteiger partial charge >= 0.3 is 12.1 Å². The fraction of sp³-hybridized carbons (Fsp3) is 0.200. The van der Waals surface area contributed by atoms with Gasteiger partial charge in [-0.3, -0.25) is 5.32 Å². The smallest absolute Gasteiger partial charge is 0.411 e. The monoisotopic (exact) mass is 209 g/mol. The summed E-state index contributed by atoms with van der Waals surface area (Å²) in [6.07, 6.45) is -0.586. The molecule has 0 aliphatic carbocycles. The maximum Gasteiger partial charge on any atom is 0.411 e. The highest BCUT2D eigenvalue weighted by Crippen LogP contribution is 2.15. The predicted octanol–water partition coefficient (Wildman–Crippen LogP) is 1.87. The van der Waals surface area contributed by atoms with Crippen LogP contribution in [-0.2, 0) is 4.74 Å². The first-order valence-corrected chi connectivity index (χ1v) is 4.23. The van der Waals surface area contributed by atoms with Gasteiger partial charge in [-0.1, -0.05) is 0 Å². The summed E-state index contributed by atoms with van der Waals surface area (Å²) in [6, 6.07) is 4.51. The van der Waals surface area contributed by atoms with Gasteiger partial charge in [-0.25, -0.2) is 9.59 Å². The highest BCUT2D eigenvalue weighted by atomic mass is 16.5. The van der Waals surface area contributed by atoms with Crippen LogP contribution in [0.2, 0.25) is 0 Å². The number of hydrogen-bond donors (Lipinski definition) is 2. The van der Waals surface area contributed by atoms with Crippen molar-refractivity contribution < 1.29 is 19.4 Å². The van der Waals surface area contributed by atoms with E-state index in [1.54, 1.807) is 13.0 Å². The molecule has 1 aromatic rings. The normalized spacial score (nSPS) is 9.47. The highest BCUT2D eigenvalue weighted by molar-refractivity contribution is 5.91. The SMILES string of the molecule is COC(=O)Nc1ccc(C(=O)O)c(C)c1. The molecule has 15 heavy (non-hydrogen) atoms. The molecular formula is C10H11NO4. The molecule has 0 unspecified atom stereocenters. The van der Waals surface area contributed by atoms with Crippen LogP contribution in [0.25, 0.3) is 0 Å². The Hall–Kier alpha value is -2.04. The van der Waals surface area contributed by atoms with Crippen molar-refractivity contribution in [2.45, 2.75) is 6.92 Å². The molecular weight excluding hydrogens is 198 g/mol. The van der Waals surface area contributed by atoms with Gasteiger partial charge in [0.1, 0.15) is 0 Å². The van der Waals surface area contributed by atoms with Crippen molar-refractivity contribution in [1.82, 2.24) is 0 Å². The summed E-state index contributed by atoms with van der Waals surface area (Å²) >= 11 is 0. The number of carbonyl (C=O) groups excluding carboxylic acids is 1. The third-order valence-electron chi connectivity index (χ3n) is 1.89. The summed E-state index contributed by atoms with van der Waals surface area (Å²) in [5.74, 6) is -0.989. The molecule has 0 aliphatic rings. The Bertz CT molecular complexity index is 400. The second-order valence-corrected chi connectivity index (χ2v) is 2.95. The van der Waals surface area contributed by atoms with E-state index < -0.39 is 12.1 Å². The lowest BCUT2D eigenvalue weighted by Crippen LogP contribution is -2.11. The molecule has 1 rings (SSSR count). The molecule has 1 aromatic carbocycles. The topological polar surface area (TPSA) is 75.6 Å². The molecule has 5 nitrogen and oxygen atoms in total. The van der Waals surface area contributed by atoms with Crippen molar-refractivity contribution in [2.75, 3.05) is 12.4 Å². The third kappa shape index (κ3) is 2.70. The second-order valence-electron chi connectivity index (χ2n) is 2.95. The predicted molar refractivity (Wildman–Crippen MR) is 54.2 cm³/mol. The molecule has 0 saturated carbocycles. The Morgan fingerprint density at radius 2 is 2.07 bits per heavy atom. The van der Waals surface area contributed by atoms with Crippen molar-refractivity contribution in [3.63, 3.8) is 0 Å². The molecule has 0 aromatic heterocycles. The largest absolute Gasteiger partial charge is 0.478 e. The molecule has 2 N–H and O–H groups in total. The maximum absolute atomic E-state index is 10.9. The number of rotatable bonds is 2. The minimum Gasteiger partial charge on any atom is -0.478 e. The van der Waals surface area contributed by atoms with Crippen LogP contribution in [0.5, 0.6) is 0 Å². The fourth-order valence-electron chi connectivity index (χ4n) is 1.15. The van der Waals surface area contributed by atoms with E-state index in [1.165, 1.54) is 19.2 Å². The van der Waals surface area contributed by atoms with E-state index in [0.717, 1.165) is 0 Å². The van der Waals surface area contributed by atoms with Crippen LogP contribution in [0.15, 0.2) is 18.2 Å². The number of carboxylic acid groups (broad SMARTS) is 1. The number of carbonyl (C=O) groups is 2. The van der Waals surface area contributed by atoms with Crippen molar-refractivity contribution in [2.24, 2.45) is 0 Å².